The molecule has 0 saturated carbocycles. The standard InChI is InChI=1S/C26H40N2O2S2/c1-25(2,31-17-21-7-11-23(29-5)12-8-21)19-27-15-16-28-20-26(3,4)32-18-22-9-13-24(30-6)14-10-22/h7-14,27-28H,15-20H2,1-6H3. The molecule has 2 aromatic rings. The molecule has 0 amide bonds. The van der Waals surface area contributed by atoms with Crippen LogP contribution in [0.3, 0.4) is 0 Å². The van der Waals surface area contributed by atoms with Gasteiger partial charge in [-0.1, -0.05) is 24.3 Å². The van der Waals surface area contributed by atoms with Crippen molar-refractivity contribution in [1.29, 1.82) is 0 Å². The third-order valence-electron chi connectivity index (χ3n) is 5.16. The highest BCUT2D eigenvalue weighted by Gasteiger charge is 2.19. The summed E-state index contributed by atoms with van der Waals surface area (Å²) in [6.45, 7) is 13.2. The van der Waals surface area contributed by atoms with Crippen molar-refractivity contribution in [1.82, 2.24) is 10.6 Å². The first-order valence-corrected chi connectivity index (χ1v) is 13.2. The Morgan fingerprint density at radius 2 is 0.969 bits per heavy atom. The number of methoxy groups -OCH3 is 2. The van der Waals surface area contributed by atoms with E-state index in [0.717, 1.165) is 49.2 Å². The zero-order valence-electron chi connectivity index (χ0n) is 20.5. The molecular weight excluding hydrogens is 436 g/mol. The summed E-state index contributed by atoms with van der Waals surface area (Å²) in [5.41, 5.74) is 2.67. The van der Waals surface area contributed by atoms with Gasteiger partial charge in [-0.05, 0) is 63.1 Å². The van der Waals surface area contributed by atoms with Gasteiger partial charge in [0.1, 0.15) is 11.5 Å². The second-order valence-electron chi connectivity index (χ2n) is 9.15. The molecule has 2 aromatic carbocycles. The molecule has 0 saturated heterocycles. The Kier molecular flexibility index (Phi) is 11.3. The van der Waals surface area contributed by atoms with Crippen molar-refractivity contribution in [3.05, 3.63) is 59.7 Å². The van der Waals surface area contributed by atoms with E-state index in [1.165, 1.54) is 11.1 Å². The second-order valence-corrected chi connectivity index (χ2v) is 12.5. The maximum absolute atomic E-state index is 5.23. The Hall–Kier alpha value is -1.34. The van der Waals surface area contributed by atoms with E-state index in [4.69, 9.17) is 9.47 Å². The Labute approximate surface area is 203 Å². The normalized spacial score (nSPS) is 12.1. The Bertz CT molecular complexity index is 710. The minimum absolute atomic E-state index is 0.188. The van der Waals surface area contributed by atoms with Crippen molar-refractivity contribution in [3.63, 3.8) is 0 Å². The van der Waals surface area contributed by atoms with Gasteiger partial charge in [-0.2, -0.15) is 0 Å². The summed E-state index contributed by atoms with van der Waals surface area (Å²) in [5, 5.41) is 7.23. The molecule has 0 aliphatic carbocycles. The molecule has 2 N–H and O–H groups in total. The number of rotatable bonds is 15. The summed E-state index contributed by atoms with van der Waals surface area (Å²) in [6, 6.07) is 16.7. The van der Waals surface area contributed by atoms with Crippen LogP contribution in [-0.2, 0) is 11.5 Å². The van der Waals surface area contributed by atoms with Gasteiger partial charge in [0.2, 0.25) is 0 Å². The van der Waals surface area contributed by atoms with E-state index in [1.807, 2.05) is 47.8 Å². The van der Waals surface area contributed by atoms with Crippen LogP contribution in [0.5, 0.6) is 11.5 Å². The molecule has 32 heavy (non-hydrogen) atoms. The molecule has 0 bridgehead atoms. The number of hydrogen-bond acceptors (Lipinski definition) is 6. The number of hydrogen-bond donors (Lipinski definition) is 2. The van der Waals surface area contributed by atoms with Crippen molar-refractivity contribution in [2.24, 2.45) is 0 Å². The van der Waals surface area contributed by atoms with Crippen LogP contribution in [0.15, 0.2) is 48.5 Å². The number of thioether (sulfide) groups is 2. The summed E-state index contributed by atoms with van der Waals surface area (Å²) in [5.74, 6) is 3.84. The van der Waals surface area contributed by atoms with E-state index in [-0.39, 0.29) is 9.49 Å². The van der Waals surface area contributed by atoms with Crippen molar-refractivity contribution >= 4 is 23.5 Å². The zero-order chi connectivity index (χ0) is 23.5. The maximum atomic E-state index is 5.23. The summed E-state index contributed by atoms with van der Waals surface area (Å²) in [4.78, 5) is 0. The SMILES string of the molecule is COc1ccc(CSC(C)(C)CNCCNCC(C)(C)SCc2ccc(OC)cc2)cc1. The van der Waals surface area contributed by atoms with Crippen molar-refractivity contribution in [3.8, 4) is 11.5 Å². The van der Waals surface area contributed by atoms with Crippen LogP contribution in [0.1, 0.15) is 38.8 Å². The highest BCUT2D eigenvalue weighted by atomic mass is 32.2. The first-order chi connectivity index (χ1) is 15.2. The van der Waals surface area contributed by atoms with Crippen molar-refractivity contribution < 1.29 is 9.47 Å². The fourth-order valence-corrected chi connectivity index (χ4v) is 4.97. The third-order valence-corrected chi connectivity index (χ3v) is 7.96. The van der Waals surface area contributed by atoms with Crippen LogP contribution < -0.4 is 20.1 Å². The van der Waals surface area contributed by atoms with Crippen LogP contribution in [0.25, 0.3) is 0 Å². The van der Waals surface area contributed by atoms with Crippen LogP contribution in [0.2, 0.25) is 0 Å². The van der Waals surface area contributed by atoms with Gasteiger partial charge in [-0.3, -0.25) is 0 Å². The van der Waals surface area contributed by atoms with Gasteiger partial charge in [-0.15, -0.1) is 23.5 Å². The van der Waals surface area contributed by atoms with Gasteiger partial charge in [0, 0.05) is 47.2 Å². The molecule has 0 unspecified atom stereocenters. The van der Waals surface area contributed by atoms with E-state index in [9.17, 15) is 0 Å². The minimum atomic E-state index is 0.188. The summed E-state index contributed by atoms with van der Waals surface area (Å²) in [6.07, 6.45) is 0. The minimum Gasteiger partial charge on any atom is -0.497 e. The summed E-state index contributed by atoms with van der Waals surface area (Å²) in [7, 11) is 3.41. The van der Waals surface area contributed by atoms with Gasteiger partial charge in [0.05, 0.1) is 14.2 Å². The molecule has 4 nitrogen and oxygen atoms in total. The lowest BCUT2D eigenvalue weighted by Gasteiger charge is -2.26. The van der Waals surface area contributed by atoms with Crippen molar-refractivity contribution in [2.45, 2.75) is 48.7 Å². The van der Waals surface area contributed by atoms with Gasteiger partial charge in [-0.25, -0.2) is 0 Å². The zero-order valence-corrected chi connectivity index (χ0v) is 22.1. The molecule has 0 fully saturated rings. The molecule has 178 valence electrons. The molecule has 0 aromatic heterocycles. The number of nitrogens with one attached hydrogen (secondary N) is 2. The van der Waals surface area contributed by atoms with E-state index in [2.05, 4.69) is 62.6 Å². The first-order valence-electron chi connectivity index (χ1n) is 11.2. The van der Waals surface area contributed by atoms with Gasteiger partial charge >= 0.3 is 0 Å². The lowest BCUT2D eigenvalue weighted by molar-refractivity contribution is 0.414. The predicted octanol–water partition coefficient (Wildman–Crippen LogP) is 5.61. The van der Waals surface area contributed by atoms with Crippen molar-refractivity contribution in [2.75, 3.05) is 40.4 Å². The Morgan fingerprint density at radius 3 is 1.28 bits per heavy atom. The molecule has 0 heterocycles. The van der Waals surface area contributed by atoms with Crippen LogP contribution in [-0.4, -0.2) is 49.9 Å². The summed E-state index contributed by atoms with van der Waals surface area (Å²) >= 11 is 3.97. The van der Waals surface area contributed by atoms with Gasteiger partial charge in [0.25, 0.3) is 0 Å². The molecule has 0 radical (unpaired) electrons. The smallest absolute Gasteiger partial charge is 0.118 e. The molecular formula is C26H40N2O2S2. The third kappa shape index (κ3) is 10.5. The van der Waals surface area contributed by atoms with Crippen LogP contribution in [0.4, 0.5) is 0 Å². The van der Waals surface area contributed by atoms with E-state index >= 15 is 0 Å². The Balaban J connectivity index is 1.58. The Morgan fingerprint density at radius 1 is 0.625 bits per heavy atom. The lowest BCUT2D eigenvalue weighted by atomic mass is 10.2. The number of benzene rings is 2. The highest BCUT2D eigenvalue weighted by molar-refractivity contribution is 8.00. The van der Waals surface area contributed by atoms with Gasteiger partial charge < -0.3 is 20.1 Å². The van der Waals surface area contributed by atoms with E-state index < -0.39 is 0 Å². The topological polar surface area (TPSA) is 42.5 Å². The molecule has 0 atom stereocenters. The monoisotopic (exact) mass is 476 g/mol. The average molecular weight is 477 g/mol. The average Bonchev–Trinajstić information content (AvgIpc) is 2.79. The predicted molar refractivity (Wildman–Crippen MR) is 142 cm³/mol. The molecule has 0 aliphatic rings. The first kappa shape index (κ1) is 26.9. The van der Waals surface area contributed by atoms with Crippen LogP contribution in [0, 0.1) is 0 Å². The number of ether oxygens (including phenoxy) is 2. The van der Waals surface area contributed by atoms with Gasteiger partial charge in [0.15, 0.2) is 0 Å². The van der Waals surface area contributed by atoms with Crippen LogP contribution >= 0.6 is 23.5 Å². The largest absolute Gasteiger partial charge is 0.497 e. The second kappa shape index (κ2) is 13.4. The van der Waals surface area contributed by atoms with E-state index in [0.29, 0.717) is 0 Å². The quantitative estimate of drug-likeness (QED) is 0.326. The lowest BCUT2D eigenvalue weighted by Crippen LogP contribution is -2.39. The molecule has 2 rings (SSSR count). The van der Waals surface area contributed by atoms with E-state index in [1.54, 1.807) is 14.2 Å². The fourth-order valence-electron chi connectivity index (χ4n) is 3.06. The summed E-state index contributed by atoms with van der Waals surface area (Å²) < 4.78 is 10.8. The molecule has 6 heteroatoms. The molecule has 0 aliphatic heterocycles. The highest BCUT2D eigenvalue weighted by Crippen LogP contribution is 2.29. The fraction of sp³-hybridized carbons (Fsp3) is 0.538. The molecule has 0 spiro atoms. The maximum Gasteiger partial charge on any atom is 0.118 e.